The third-order valence-corrected chi connectivity index (χ3v) is 3.94. The molecular weight excluding hydrogens is 326 g/mol. The van der Waals surface area contributed by atoms with Gasteiger partial charge >= 0.3 is 0 Å². The average Bonchev–Trinajstić information content (AvgIpc) is 2.64. The summed E-state index contributed by atoms with van der Waals surface area (Å²) < 4.78 is 10.6. The van der Waals surface area contributed by atoms with E-state index in [0.29, 0.717) is 17.1 Å². The van der Waals surface area contributed by atoms with Crippen LogP contribution in [0.4, 0.5) is 0 Å². The maximum atomic E-state index is 12.4. The normalized spacial score (nSPS) is 11.2. The van der Waals surface area contributed by atoms with Gasteiger partial charge in [-0.05, 0) is 34.8 Å². The zero-order valence-corrected chi connectivity index (χ0v) is 15.6. The molecule has 0 radical (unpaired) electrons. The van der Waals surface area contributed by atoms with Crippen molar-refractivity contribution in [2.45, 2.75) is 26.2 Å². The highest BCUT2D eigenvalue weighted by molar-refractivity contribution is 6.06. The summed E-state index contributed by atoms with van der Waals surface area (Å²) >= 11 is 0. The first-order valence-corrected chi connectivity index (χ1v) is 8.36. The van der Waals surface area contributed by atoms with Gasteiger partial charge in [-0.15, -0.1) is 0 Å². The summed E-state index contributed by atoms with van der Waals surface area (Å²) in [5, 5.41) is 8.60. The largest absolute Gasteiger partial charge is 0.493 e. The van der Waals surface area contributed by atoms with Crippen molar-refractivity contribution < 1.29 is 14.3 Å². The highest BCUT2D eigenvalue weighted by atomic mass is 16.5. The van der Waals surface area contributed by atoms with E-state index in [-0.39, 0.29) is 17.8 Å². The van der Waals surface area contributed by atoms with E-state index in [0.717, 1.165) is 5.56 Å². The monoisotopic (exact) mass is 349 g/mol. The van der Waals surface area contributed by atoms with Gasteiger partial charge in [0.25, 0.3) is 0 Å². The molecule has 0 N–H and O–H groups in total. The van der Waals surface area contributed by atoms with E-state index in [1.807, 2.05) is 36.4 Å². The average molecular weight is 349 g/mol. The van der Waals surface area contributed by atoms with E-state index in [2.05, 4.69) is 20.8 Å². The van der Waals surface area contributed by atoms with Gasteiger partial charge in [-0.2, -0.15) is 5.26 Å². The van der Waals surface area contributed by atoms with Crippen molar-refractivity contribution >= 4 is 11.9 Å². The highest BCUT2D eigenvalue weighted by Gasteiger charge is 2.13. The third-order valence-electron chi connectivity index (χ3n) is 3.94. The first-order valence-electron chi connectivity index (χ1n) is 8.36. The molecule has 0 fully saturated rings. The first kappa shape index (κ1) is 19.3. The Bertz CT molecular complexity index is 837. The zero-order valence-electron chi connectivity index (χ0n) is 15.6. The van der Waals surface area contributed by atoms with E-state index in [4.69, 9.17) is 14.7 Å². The minimum atomic E-state index is -0.0609. The molecule has 0 bridgehead atoms. The maximum absolute atomic E-state index is 12.4. The van der Waals surface area contributed by atoms with Crippen LogP contribution >= 0.6 is 0 Å². The van der Waals surface area contributed by atoms with Gasteiger partial charge in [0.15, 0.2) is 23.9 Å². The molecule has 0 saturated heterocycles. The summed E-state index contributed by atoms with van der Waals surface area (Å²) in [5.41, 5.74) is 2.71. The van der Waals surface area contributed by atoms with Crippen LogP contribution in [0.2, 0.25) is 0 Å². The topological polar surface area (TPSA) is 59.3 Å². The predicted octanol–water partition coefficient (Wildman–Crippen LogP) is 4.79. The number of hydrogen-bond acceptors (Lipinski definition) is 4. The number of benzene rings is 2. The van der Waals surface area contributed by atoms with Gasteiger partial charge in [0, 0.05) is 5.56 Å². The van der Waals surface area contributed by atoms with Gasteiger partial charge in [-0.3, -0.25) is 4.79 Å². The quantitative estimate of drug-likeness (QED) is 0.556. The molecule has 0 aliphatic heterocycles. The molecule has 0 amide bonds. The fraction of sp³-hybridized carbons (Fsp3) is 0.273. The minimum absolute atomic E-state index is 0.0470. The molecule has 0 heterocycles. The minimum Gasteiger partial charge on any atom is -0.493 e. The number of hydrogen-bond donors (Lipinski definition) is 0. The van der Waals surface area contributed by atoms with Gasteiger partial charge in [-0.1, -0.05) is 57.2 Å². The number of carbonyl (C=O) groups is 1. The van der Waals surface area contributed by atoms with Crippen LogP contribution in [0.1, 0.15) is 42.3 Å². The van der Waals surface area contributed by atoms with E-state index in [9.17, 15) is 4.79 Å². The van der Waals surface area contributed by atoms with Crippen molar-refractivity contribution in [2.75, 3.05) is 13.7 Å². The van der Waals surface area contributed by atoms with Crippen LogP contribution in [0.25, 0.3) is 6.08 Å². The SMILES string of the molecule is COc1cc(/C=C/C(=O)c2ccc(C(C)(C)C)cc2)ccc1OCC#N. The number of methoxy groups -OCH3 is 1. The Morgan fingerprint density at radius 2 is 1.81 bits per heavy atom. The van der Waals surface area contributed by atoms with Crippen LogP contribution in [0, 0.1) is 11.3 Å². The molecular formula is C22H23NO3. The summed E-state index contributed by atoms with van der Waals surface area (Å²) in [6.45, 7) is 6.37. The van der Waals surface area contributed by atoms with E-state index in [1.165, 1.54) is 18.7 Å². The van der Waals surface area contributed by atoms with Crippen LogP contribution in [0.3, 0.4) is 0 Å². The van der Waals surface area contributed by atoms with Crippen LogP contribution in [-0.2, 0) is 5.41 Å². The van der Waals surface area contributed by atoms with Crippen molar-refractivity contribution in [1.29, 1.82) is 5.26 Å². The molecule has 0 saturated carbocycles. The summed E-state index contributed by atoms with van der Waals surface area (Å²) in [6, 6.07) is 14.9. The Morgan fingerprint density at radius 3 is 2.38 bits per heavy atom. The zero-order chi connectivity index (χ0) is 19.2. The number of carbonyl (C=O) groups excluding carboxylic acids is 1. The number of nitriles is 1. The number of ketones is 1. The van der Waals surface area contributed by atoms with Crippen LogP contribution in [0.5, 0.6) is 11.5 Å². The van der Waals surface area contributed by atoms with Gasteiger partial charge < -0.3 is 9.47 Å². The highest BCUT2D eigenvalue weighted by Crippen LogP contribution is 2.28. The summed E-state index contributed by atoms with van der Waals surface area (Å²) in [7, 11) is 1.53. The van der Waals surface area contributed by atoms with Crippen molar-refractivity contribution in [1.82, 2.24) is 0 Å². The summed E-state index contributed by atoms with van der Waals surface area (Å²) in [4.78, 5) is 12.4. The molecule has 134 valence electrons. The van der Waals surface area contributed by atoms with Gasteiger partial charge in [-0.25, -0.2) is 0 Å². The van der Waals surface area contributed by atoms with Gasteiger partial charge in [0.2, 0.25) is 0 Å². The van der Waals surface area contributed by atoms with E-state index in [1.54, 1.807) is 18.2 Å². The lowest BCUT2D eigenvalue weighted by Gasteiger charge is -2.18. The number of nitrogens with zero attached hydrogens (tertiary/aromatic N) is 1. The molecule has 0 spiro atoms. The molecule has 0 aromatic heterocycles. The second-order valence-corrected chi connectivity index (χ2v) is 6.88. The molecule has 2 aromatic carbocycles. The second kappa shape index (κ2) is 8.35. The number of ether oxygens (including phenoxy) is 2. The Kier molecular flexibility index (Phi) is 6.19. The van der Waals surface area contributed by atoms with E-state index < -0.39 is 0 Å². The standard InChI is InChI=1S/C22H23NO3/c1-22(2,3)18-9-7-17(8-10-18)19(24)11-5-16-6-12-20(26-14-13-23)21(15-16)25-4/h5-12,15H,14H2,1-4H3/b11-5+. The molecule has 0 aliphatic carbocycles. The Morgan fingerprint density at radius 1 is 1.12 bits per heavy atom. The van der Waals surface area contributed by atoms with Crippen molar-refractivity contribution in [2.24, 2.45) is 0 Å². The predicted molar refractivity (Wildman–Crippen MR) is 103 cm³/mol. The maximum Gasteiger partial charge on any atom is 0.185 e. The Balaban J connectivity index is 2.13. The van der Waals surface area contributed by atoms with E-state index >= 15 is 0 Å². The number of allylic oxidation sites excluding steroid dienone is 1. The first-order chi connectivity index (χ1) is 12.3. The molecule has 0 aliphatic rings. The molecule has 2 aromatic rings. The fourth-order valence-electron chi connectivity index (χ4n) is 2.42. The lowest BCUT2D eigenvalue weighted by atomic mass is 9.86. The lowest BCUT2D eigenvalue weighted by Crippen LogP contribution is -2.11. The summed E-state index contributed by atoms with van der Waals surface area (Å²) in [5.74, 6) is 0.953. The molecule has 2 rings (SSSR count). The number of rotatable bonds is 6. The Hall–Kier alpha value is -3.06. The van der Waals surface area contributed by atoms with Crippen molar-refractivity contribution in [3.63, 3.8) is 0 Å². The third kappa shape index (κ3) is 4.97. The Labute approximate surface area is 154 Å². The molecule has 0 unspecified atom stereocenters. The lowest BCUT2D eigenvalue weighted by molar-refractivity contribution is 0.104. The van der Waals surface area contributed by atoms with Gasteiger partial charge in [0.1, 0.15) is 6.07 Å². The molecule has 26 heavy (non-hydrogen) atoms. The molecule has 4 nitrogen and oxygen atoms in total. The fourth-order valence-corrected chi connectivity index (χ4v) is 2.42. The van der Waals surface area contributed by atoms with Crippen LogP contribution in [0.15, 0.2) is 48.5 Å². The second-order valence-electron chi connectivity index (χ2n) is 6.88. The molecule has 0 atom stereocenters. The van der Waals surface area contributed by atoms with Crippen molar-refractivity contribution in [3.05, 3.63) is 65.2 Å². The van der Waals surface area contributed by atoms with Crippen LogP contribution < -0.4 is 9.47 Å². The smallest absolute Gasteiger partial charge is 0.185 e. The van der Waals surface area contributed by atoms with Crippen molar-refractivity contribution in [3.8, 4) is 17.6 Å². The van der Waals surface area contributed by atoms with Gasteiger partial charge in [0.05, 0.1) is 7.11 Å². The molecule has 4 heteroatoms. The summed E-state index contributed by atoms with van der Waals surface area (Å²) in [6.07, 6.45) is 3.27. The van der Waals surface area contributed by atoms with Crippen LogP contribution in [-0.4, -0.2) is 19.5 Å².